The van der Waals surface area contributed by atoms with Crippen molar-refractivity contribution in [1.29, 1.82) is 0 Å². The number of benzene rings is 2. The van der Waals surface area contributed by atoms with Crippen LogP contribution in [0.5, 0.6) is 17.4 Å². The highest BCUT2D eigenvalue weighted by atomic mass is 19.1. The molecule has 0 bridgehead atoms. The van der Waals surface area contributed by atoms with Crippen molar-refractivity contribution in [3.63, 3.8) is 0 Å². The van der Waals surface area contributed by atoms with Gasteiger partial charge in [-0.15, -0.1) is 5.10 Å². The summed E-state index contributed by atoms with van der Waals surface area (Å²) in [6.45, 7) is 0.573. The van der Waals surface area contributed by atoms with Gasteiger partial charge in [0, 0.05) is 29.5 Å². The molecule has 1 spiro atoms. The van der Waals surface area contributed by atoms with E-state index in [9.17, 15) is 9.18 Å². The smallest absolute Gasteiger partial charge is 0.416 e. The molecule has 3 heterocycles. The topological polar surface area (TPSA) is 99.8 Å². The summed E-state index contributed by atoms with van der Waals surface area (Å²) >= 11 is 0. The molecule has 0 atom stereocenters. The molecular weight excluding hydrogens is 391 g/mol. The van der Waals surface area contributed by atoms with E-state index in [4.69, 9.17) is 19.9 Å². The summed E-state index contributed by atoms with van der Waals surface area (Å²) in [6, 6.07) is 13.3. The molecule has 1 fully saturated rings. The van der Waals surface area contributed by atoms with E-state index in [2.05, 4.69) is 10.2 Å². The van der Waals surface area contributed by atoms with E-state index in [1.807, 2.05) is 6.07 Å². The first-order valence-corrected chi connectivity index (χ1v) is 9.27. The minimum Gasteiger partial charge on any atom is -0.437 e. The number of rotatable bonds is 4. The predicted octanol–water partition coefficient (Wildman–Crippen LogP) is 3.23. The molecule has 8 nitrogen and oxygen atoms in total. The Morgan fingerprint density at radius 3 is 2.80 bits per heavy atom. The second kappa shape index (κ2) is 6.96. The number of carbonyl (C=O) groups is 1. The van der Waals surface area contributed by atoms with Gasteiger partial charge < -0.3 is 19.9 Å². The number of fused-ring (bicyclic) bond motifs is 2. The van der Waals surface area contributed by atoms with Crippen LogP contribution in [0.4, 0.5) is 14.9 Å². The molecule has 9 heteroatoms. The standard InChI is InChI=1S/C21H17FN4O4/c22-19-13(3-1-4-16(19)23)10-26-20(27)30-17-9-14(29-18-5-2-8-24-25-18)6-7-15(17)21(26)11-28-12-21/h1-9H,10-12,23H2. The molecule has 30 heavy (non-hydrogen) atoms. The Balaban J connectivity index is 1.48. The molecule has 1 amide bonds. The quantitative estimate of drug-likeness (QED) is 0.662. The van der Waals surface area contributed by atoms with Gasteiger partial charge in [0.05, 0.1) is 25.4 Å². The summed E-state index contributed by atoms with van der Waals surface area (Å²) in [4.78, 5) is 14.4. The van der Waals surface area contributed by atoms with Crippen LogP contribution in [-0.4, -0.2) is 34.4 Å². The molecule has 3 aromatic rings. The fraction of sp³-hybridized carbons (Fsp3) is 0.190. The second-order valence-electron chi connectivity index (χ2n) is 7.12. The van der Waals surface area contributed by atoms with Gasteiger partial charge in [-0.25, -0.2) is 9.18 Å². The molecular formula is C21H17FN4O4. The van der Waals surface area contributed by atoms with Crippen molar-refractivity contribution in [2.75, 3.05) is 18.9 Å². The summed E-state index contributed by atoms with van der Waals surface area (Å²) in [6.07, 6.45) is 0.948. The summed E-state index contributed by atoms with van der Waals surface area (Å²) in [5, 5.41) is 7.64. The minimum atomic E-state index is -0.743. The van der Waals surface area contributed by atoms with Gasteiger partial charge in [-0.3, -0.25) is 4.90 Å². The number of nitrogens with two attached hydrogens (primary N) is 1. The number of hydrogen-bond donors (Lipinski definition) is 1. The third-order valence-corrected chi connectivity index (χ3v) is 5.28. The van der Waals surface area contributed by atoms with Crippen molar-refractivity contribution in [2.45, 2.75) is 12.1 Å². The normalized spacial score (nSPS) is 16.6. The zero-order valence-electron chi connectivity index (χ0n) is 15.7. The molecule has 2 aliphatic rings. The lowest BCUT2D eigenvalue weighted by Crippen LogP contribution is -2.63. The number of nitrogen functional groups attached to an aromatic ring is 1. The number of anilines is 1. The lowest BCUT2D eigenvalue weighted by Gasteiger charge is -2.51. The Hall–Kier alpha value is -3.72. The van der Waals surface area contributed by atoms with Gasteiger partial charge in [-0.2, -0.15) is 5.10 Å². The number of carbonyl (C=O) groups excluding carboxylic acids is 1. The Morgan fingerprint density at radius 2 is 2.07 bits per heavy atom. The van der Waals surface area contributed by atoms with Crippen molar-refractivity contribution < 1.29 is 23.4 Å². The summed E-state index contributed by atoms with van der Waals surface area (Å²) in [5.74, 6) is 0.598. The van der Waals surface area contributed by atoms with E-state index in [1.54, 1.807) is 42.6 Å². The highest BCUT2D eigenvalue weighted by Gasteiger charge is 2.53. The zero-order valence-corrected chi connectivity index (χ0v) is 15.7. The highest BCUT2D eigenvalue weighted by Crippen LogP contribution is 2.46. The number of halogens is 1. The van der Waals surface area contributed by atoms with Gasteiger partial charge in [0.1, 0.15) is 17.0 Å². The van der Waals surface area contributed by atoms with Gasteiger partial charge in [0.25, 0.3) is 0 Å². The molecule has 2 aromatic carbocycles. The minimum absolute atomic E-state index is 0.0103. The molecule has 0 aliphatic carbocycles. The van der Waals surface area contributed by atoms with Crippen LogP contribution in [0.3, 0.4) is 0 Å². The van der Waals surface area contributed by atoms with E-state index in [0.717, 1.165) is 5.56 Å². The summed E-state index contributed by atoms with van der Waals surface area (Å²) in [5.41, 5.74) is 6.04. The summed E-state index contributed by atoms with van der Waals surface area (Å²) < 4.78 is 31.1. The molecule has 2 N–H and O–H groups in total. The van der Waals surface area contributed by atoms with Crippen LogP contribution >= 0.6 is 0 Å². The lowest BCUT2D eigenvalue weighted by atomic mass is 9.84. The van der Waals surface area contributed by atoms with Crippen LogP contribution in [0.2, 0.25) is 0 Å². The maximum Gasteiger partial charge on any atom is 0.416 e. The number of nitrogens with zero attached hydrogens (tertiary/aromatic N) is 3. The third-order valence-electron chi connectivity index (χ3n) is 5.28. The van der Waals surface area contributed by atoms with Crippen molar-refractivity contribution >= 4 is 11.8 Å². The van der Waals surface area contributed by atoms with Crippen molar-refractivity contribution in [1.82, 2.24) is 15.1 Å². The molecule has 0 unspecified atom stereocenters. The van der Waals surface area contributed by atoms with Crippen molar-refractivity contribution in [2.24, 2.45) is 0 Å². The van der Waals surface area contributed by atoms with Crippen LogP contribution in [0.1, 0.15) is 11.1 Å². The van der Waals surface area contributed by atoms with Gasteiger partial charge in [0.15, 0.2) is 5.82 Å². The predicted molar refractivity (Wildman–Crippen MR) is 103 cm³/mol. The number of ether oxygens (including phenoxy) is 3. The van der Waals surface area contributed by atoms with Crippen LogP contribution in [0.25, 0.3) is 0 Å². The largest absolute Gasteiger partial charge is 0.437 e. The second-order valence-corrected chi connectivity index (χ2v) is 7.12. The SMILES string of the molecule is Nc1cccc(CN2C(=O)Oc3cc(Oc4cccnn4)ccc3C23COC3)c1F. The average molecular weight is 408 g/mol. The van der Waals surface area contributed by atoms with E-state index >= 15 is 0 Å². The van der Waals surface area contributed by atoms with E-state index in [-0.39, 0.29) is 25.4 Å². The first-order valence-electron chi connectivity index (χ1n) is 9.27. The van der Waals surface area contributed by atoms with Crippen LogP contribution in [0, 0.1) is 5.82 Å². The summed E-state index contributed by atoms with van der Waals surface area (Å²) in [7, 11) is 0. The molecule has 1 saturated heterocycles. The first kappa shape index (κ1) is 18.3. The van der Waals surface area contributed by atoms with E-state index in [0.29, 0.717) is 22.9 Å². The number of aromatic nitrogens is 2. The molecule has 1 aromatic heterocycles. The van der Waals surface area contributed by atoms with Crippen molar-refractivity contribution in [3.8, 4) is 17.4 Å². The monoisotopic (exact) mass is 408 g/mol. The number of hydrogen-bond acceptors (Lipinski definition) is 7. The molecule has 5 rings (SSSR count). The lowest BCUT2D eigenvalue weighted by molar-refractivity contribution is -0.143. The van der Waals surface area contributed by atoms with Gasteiger partial charge in [0.2, 0.25) is 5.88 Å². The van der Waals surface area contributed by atoms with E-state index in [1.165, 1.54) is 11.0 Å². The maximum atomic E-state index is 14.5. The Kier molecular flexibility index (Phi) is 4.25. The Bertz CT molecular complexity index is 1120. The fourth-order valence-electron chi connectivity index (χ4n) is 3.68. The van der Waals surface area contributed by atoms with Gasteiger partial charge in [-0.1, -0.05) is 12.1 Å². The number of amides is 1. The van der Waals surface area contributed by atoms with Gasteiger partial charge >= 0.3 is 6.09 Å². The zero-order chi connectivity index (χ0) is 20.7. The molecule has 0 radical (unpaired) electrons. The van der Waals surface area contributed by atoms with Crippen LogP contribution < -0.4 is 15.2 Å². The maximum absolute atomic E-state index is 14.5. The van der Waals surface area contributed by atoms with Crippen molar-refractivity contribution in [3.05, 3.63) is 71.7 Å². The third kappa shape index (κ3) is 2.91. The van der Waals surface area contributed by atoms with Crippen LogP contribution in [0.15, 0.2) is 54.7 Å². The molecule has 0 saturated carbocycles. The van der Waals surface area contributed by atoms with Crippen LogP contribution in [-0.2, 0) is 16.8 Å². The van der Waals surface area contributed by atoms with Gasteiger partial charge in [-0.05, 0) is 24.3 Å². The highest BCUT2D eigenvalue weighted by molar-refractivity contribution is 5.76. The first-order chi connectivity index (χ1) is 14.6. The molecule has 2 aliphatic heterocycles. The molecule has 152 valence electrons. The van der Waals surface area contributed by atoms with E-state index < -0.39 is 17.4 Å². The Labute approximate surface area is 171 Å². The fourth-order valence-corrected chi connectivity index (χ4v) is 3.68. The average Bonchev–Trinajstić information content (AvgIpc) is 2.71. The Morgan fingerprint density at radius 1 is 1.20 bits per heavy atom.